The smallest absolute Gasteiger partial charge is 0.243 e. The molecule has 0 aromatic carbocycles. The molecule has 0 aliphatic heterocycles. The Balaban J connectivity index is 2.11. The number of hydrogen-bond donors (Lipinski definition) is 2. The molecule has 0 atom stereocenters. The van der Waals surface area contributed by atoms with Crippen LogP contribution in [-0.2, 0) is 9.63 Å². The van der Waals surface area contributed by atoms with Gasteiger partial charge >= 0.3 is 0 Å². The summed E-state index contributed by atoms with van der Waals surface area (Å²) < 4.78 is 0. The molecule has 0 saturated heterocycles. The minimum absolute atomic E-state index is 0.0120. The van der Waals surface area contributed by atoms with Crippen LogP contribution in [0.2, 0.25) is 0 Å². The maximum atomic E-state index is 11.6. The molecule has 100 valence electrons. The molecule has 0 radical (unpaired) electrons. The normalized spacial score (nSPS) is 17.4. The van der Waals surface area contributed by atoms with E-state index < -0.39 is 0 Å². The van der Waals surface area contributed by atoms with E-state index >= 15 is 0 Å². The average molecular weight is 242 g/mol. The lowest BCUT2D eigenvalue weighted by molar-refractivity contribution is -0.138. The molecule has 1 saturated carbocycles. The van der Waals surface area contributed by atoms with Crippen molar-refractivity contribution in [2.75, 3.05) is 6.54 Å². The lowest BCUT2D eigenvalue weighted by Crippen LogP contribution is -2.29. The molecule has 3 N–H and O–H groups in total. The summed E-state index contributed by atoms with van der Waals surface area (Å²) >= 11 is 0. The van der Waals surface area contributed by atoms with Crippen molar-refractivity contribution < 1.29 is 9.63 Å². The van der Waals surface area contributed by atoms with E-state index in [4.69, 9.17) is 10.6 Å². The Morgan fingerprint density at radius 3 is 2.59 bits per heavy atom. The van der Waals surface area contributed by atoms with E-state index in [0.717, 1.165) is 25.7 Å². The second-order valence-corrected chi connectivity index (χ2v) is 5.75. The van der Waals surface area contributed by atoms with Crippen LogP contribution >= 0.6 is 0 Å². The van der Waals surface area contributed by atoms with Gasteiger partial charge in [0, 0.05) is 6.42 Å². The Hall–Kier alpha value is -0.610. The van der Waals surface area contributed by atoms with Gasteiger partial charge < -0.3 is 5.73 Å². The Labute approximate surface area is 104 Å². The van der Waals surface area contributed by atoms with E-state index in [1.54, 1.807) is 0 Å². The predicted molar refractivity (Wildman–Crippen MR) is 68.2 cm³/mol. The standard InChI is InChI=1S/C13H26N2O2/c1-13(2,9-10-14)8-7-12(16)15-17-11-5-3-4-6-11/h11H,3-10,14H2,1-2H3,(H,15,16). The van der Waals surface area contributed by atoms with Gasteiger partial charge in [0.15, 0.2) is 0 Å². The maximum Gasteiger partial charge on any atom is 0.243 e. The quantitative estimate of drug-likeness (QED) is 0.672. The summed E-state index contributed by atoms with van der Waals surface area (Å²) in [6.07, 6.45) is 7.11. The van der Waals surface area contributed by atoms with Gasteiger partial charge in [-0.3, -0.25) is 9.63 Å². The zero-order chi connectivity index (χ0) is 12.7. The van der Waals surface area contributed by atoms with E-state index in [9.17, 15) is 4.79 Å². The Bertz CT molecular complexity index is 236. The number of nitrogens with two attached hydrogens (primary N) is 1. The lowest BCUT2D eigenvalue weighted by Gasteiger charge is -2.23. The number of carbonyl (C=O) groups is 1. The van der Waals surface area contributed by atoms with E-state index in [0.29, 0.717) is 13.0 Å². The van der Waals surface area contributed by atoms with Gasteiger partial charge in [-0.05, 0) is 37.6 Å². The number of carbonyl (C=O) groups excluding carboxylic acids is 1. The maximum absolute atomic E-state index is 11.6. The lowest BCUT2D eigenvalue weighted by atomic mass is 9.84. The van der Waals surface area contributed by atoms with Gasteiger partial charge in [-0.1, -0.05) is 26.7 Å². The first-order valence-corrected chi connectivity index (χ1v) is 6.68. The van der Waals surface area contributed by atoms with E-state index in [1.165, 1.54) is 12.8 Å². The van der Waals surface area contributed by atoms with Crippen molar-refractivity contribution in [1.29, 1.82) is 0 Å². The first kappa shape index (κ1) is 14.5. The molecule has 0 aromatic heterocycles. The summed E-state index contributed by atoms with van der Waals surface area (Å²) in [6.45, 7) is 4.96. The molecule has 1 aliphatic carbocycles. The minimum Gasteiger partial charge on any atom is -0.330 e. The summed E-state index contributed by atoms with van der Waals surface area (Å²) in [7, 11) is 0. The number of hydroxylamine groups is 1. The van der Waals surface area contributed by atoms with Crippen LogP contribution in [0.25, 0.3) is 0 Å². The minimum atomic E-state index is -0.0120. The van der Waals surface area contributed by atoms with Gasteiger partial charge in [-0.25, -0.2) is 5.48 Å². The second-order valence-electron chi connectivity index (χ2n) is 5.75. The number of amides is 1. The molecule has 1 aliphatic rings. The topological polar surface area (TPSA) is 64.4 Å². The second kappa shape index (κ2) is 6.97. The zero-order valence-electron chi connectivity index (χ0n) is 11.1. The summed E-state index contributed by atoms with van der Waals surface area (Å²) in [5, 5.41) is 0. The van der Waals surface area contributed by atoms with Gasteiger partial charge in [0.1, 0.15) is 0 Å². The Morgan fingerprint density at radius 2 is 2.00 bits per heavy atom. The Kier molecular flexibility index (Phi) is 5.92. The average Bonchev–Trinajstić information content (AvgIpc) is 2.76. The molecular weight excluding hydrogens is 216 g/mol. The summed E-state index contributed by atoms with van der Waals surface area (Å²) in [6, 6.07) is 0. The Morgan fingerprint density at radius 1 is 1.35 bits per heavy atom. The third-order valence-corrected chi connectivity index (χ3v) is 3.49. The van der Waals surface area contributed by atoms with Crippen molar-refractivity contribution in [3.8, 4) is 0 Å². The first-order valence-electron chi connectivity index (χ1n) is 6.68. The number of rotatable bonds is 7. The number of hydrogen-bond acceptors (Lipinski definition) is 3. The largest absolute Gasteiger partial charge is 0.330 e. The molecule has 4 heteroatoms. The molecule has 1 fully saturated rings. The van der Waals surface area contributed by atoms with E-state index in [-0.39, 0.29) is 17.4 Å². The highest BCUT2D eigenvalue weighted by Gasteiger charge is 2.20. The SMILES string of the molecule is CC(C)(CCN)CCC(=O)NOC1CCCC1. The fourth-order valence-electron chi connectivity index (χ4n) is 2.17. The predicted octanol–water partition coefficient (Wildman–Crippen LogP) is 2.13. The van der Waals surface area contributed by atoms with Crippen molar-refractivity contribution in [2.24, 2.45) is 11.1 Å². The first-order chi connectivity index (χ1) is 8.03. The molecule has 17 heavy (non-hydrogen) atoms. The highest BCUT2D eigenvalue weighted by Crippen LogP contribution is 2.25. The van der Waals surface area contributed by atoms with Crippen molar-refractivity contribution in [2.45, 2.75) is 64.9 Å². The van der Waals surface area contributed by atoms with Gasteiger partial charge in [0.25, 0.3) is 0 Å². The number of nitrogens with one attached hydrogen (secondary N) is 1. The van der Waals surface area contributed by atoms with Crippen LogP contribution in [0.1, 0.15) is 58.8 Å². The van der Waals surface area contributed by atoms with Crippen LogP contribution in [0.3, 0.4) is 0 Å². The van der Waals surface area contributed by atoms with Gasteiger partial charge in [0.2, 0.25) is 5.91 Å². The molecular formula is C13H26N2O2. The molecule has 0 aromatic rings. The molecule has 0 spiro atoms. The van der Waals surface area contributed by atoms with Crippen LogP contribution in [-0.4, -0.2) is 18.6 Å². The van der Waals surface area contributed by atoms with E-state index in [2.05, 4.69) is 19.3 Å². The molecule has 4 nitrogen and oxygen atoms in total. The monoisotopic (exact) mass is 242 g/mol. The highest BCUT2D eigenvalue weighted by molar-refractivity contribution is 5.74. The molecule has 0 bridgehead atoms. The molecule has 0 heterocycles. The zero-order valence-corrected chi connectivity index (χ0v) is 11.1. The summed E-state index contributed by atoms with van der Waals surface area (Å²) in [5.74, 6) is -0.0120. The van der Waals surface area contributed by atoms with Gasteiger partial charge in [0.05, 0.1) is 6.10 Å². The van der Waals surface area contributed by atoms with Crippen molar-refractivity contribution in [3.63, 3.8) is 0 Å². The fraction of sp³-hybridized carbons (Fsp3) is 0.923. The van der Waals surface area contributed by atoms with E-state index in [1.807, 2.05) is 0 Å². The van der Waals surface area contributed by atoms with Crippen LogP contribution < -0.4 is 11.2 Å². The van der Waals surface area contributed by atoms with Gasteiger partial charge in [-0.2, -0.15) is 0 Å². The van der Waals surface area contributed by atoms with Crippen LogP contribution in [0.4, 0.5) is 0 Å². The van der Waals surface area contributed by atoms with Gasteiger partial charge in [-0.15, -0.1) is 0 Å². The van der Waals surface area contributed by atoms with Crippen molar-refractivity contribution in [3.05, 3.63) is 0 Å². The van der Waals surface area contributed by atoms with Crippen molar-refractivity contribution >= 4 is 5.91 Å². The highest BCUT2D eigenvalue weighted by atomic mass is 16.7. The van der Waals surface area contributed by atoms with Crippen LogP contribution in [0.15, 0.2) is 0 Å². The fourth-order valence-corrected chi connectivity index (χ4v) is 2.17. The summed E-state index contributed by atoms with van der Waals surface area (Å²) in [4.78, 5) is 16.9. The van der Waals surface area contributed by atoms with Crippen LogP contribution in [0.5, 0.6) is 0 Å². The summed E-state index contributed by atoms with van der Waals surface area (Å²) in [5.41, 5.74) is 8.24. The third-order valence-electron chi connectivity index (χ3n) is 3.49. The van der Waals surface area contributed by atoms with Crippen LogP contribution in [0, 0.1) is 5.41 Å². The molecule has 1 amide bonds. The molecule has 1 rings (SSSR count). The van der Waals surface area contributed by atoms with Crippen molar-refractivity contribution in [1.82, 2.24) is 5.48 Å². The third kappa shape index (κ3) is 6.03. The molecule has 0 unspecified atom stereocenters.